The fourth-order valence-corrected chi connectivity index (χ4v) is 2.76. The first-order valence-electron chi connectivity index (χ1n) is 7.67. The molecule has 2 aromatic rings. The number of urea groups is 1. The number of nitrogens with zero attached hydrogens (tertiary/aromatic N) is 1. The van der Waals surface area contributed by atoms with Gasteiger partial charge in [-0.3, -0.25) is 10.2 Å². The largest absolute Gasteiger partial charge is 0.449 e. The molecule has 0 spiro atoms. The third-order valence-corrected chi connectivity index (χ3v) is 3.93. The van der Waals surface area contributed by atoms with Crippen LogP contribution < -0.4 is 10.6 Å². The summed E-state index contributed by atoms with van der Waals surface area (Å²) >= 11 is 0. The van der Waals surface area contributed by atoms with Crippen LogP contribution >= 0.6 is 0 Å². The molecule has 5 nitrogen and oxygen atoms in total. The molecule has 116 valence electrons. The maximum absolute atomic E-state index is 11.9. The van der Waals surface area contributed by atoms with E-state index in [1.54, 1.807) is 12.1 Å². The Morgan fingerprint density at radius 1 is 1.14 bits per heavy atom. The van der Waals surface area contributed by atoms with E-state index in [9.17, 15) is 4.79 Å². The van der Waals surface area contributed by atoms with Crippen molar-refractivity contribution in [3.05, 3.63) is 54.3 Å². The zero-order valence-corrected chi connectivity index (χ0v) is 12.5. The predicted molar refractivity (Wildman–Crippen MR) is 85.6 cm³/mol. The van der Waals surface area contributed by atoms with Crippen LogP contribution in [0.4, 0.5) is 10.7 Å². The van der Waals surface area contributed by atoms with E-state index in [1.165, 1.54) is 11.8 Å². The van der Waals surface area contributed by atoms with Crippen LogP contribution in [-0.4, -0.2) is 30.1 Å². The second-order valence-corrected chi connectivity index (χ2v) is 5.61. The highest BCUT2D eigenvalue weighted by Crippen LogP contribution is 2.14. The van der Waals surface area contributed by atoms with Crippen LogP contribution in [0, 0.1) is 0 Å². The van der Waals surface area contributed by atoms with Crippen molar-refractivity contribution in [1.82, 2.24) is 10.2 Å². The summed E-state index contributed by atoms with van der Waals surface area (Å²) in [5.41, 5.74) is 1.34. The number of hydrogen-bond donors (Lipinski definition) is 2. The zero-order chi connectivity index (χ0) is 15.2. The third kappa shape index (κ3) is 4.11. The number of carbonyl (C=O) groups excluding carboxylic acids is 1. The molecule has 1 fully saturated rings. The number of benzene rings is 1. The molecule has 2 N–H and O–H groups in total. The molecule has 1 aliphatic heterocycles. The molecule has 1 aromatic carbocycles. The number of furan rings is 1. The maximum atomic E-state index is 11.9. The summed E-state index contributed by atoms with van der Waals surface area (Å²) in [5, 5.41) is 5.69. The first kappa shape index (κ1) is 14.7. The number of nitrogens with one attached hydrogen (secondary N) is 2. The smallest absolute Gasteiger partial charge is 0.321 e. The molecular formula is C17H21N3O2. The summed E-state index contributed by atoms with van der Waals surface area (Å²) in [4.78, 5) is 14.3. The average Bonchev–Trinajstić information content (AvgIpc) is 3.03. The lowest BCUT2D eigenvalue weighted by Gasteiger charge is -2.32. The van der Waals surface area contributed by atoms with E-state index in [0.717, 1.165) is 32.5 Å². The summed E-state index contributed by atoms with van der Waals surface area (Å²) in [6, 6.07) is 14.0. The standard InChI is InChI=1S/C17H21N3O2/c21-17(19-16-7-4-12-22-16)18-15-8-10-20(11-9-15)13-14-5-2-1-3-6-14/h1-7,12,15H,8-11,13H2,(H2,18,19,21). The molecule has 2 heterocycles. The lowest BCUT2D eigenvalue weighted by atomic mass is 10.0. The van der Waals surface area contributed by atoms with Crippen LogP contribution in [0.3, 0.4) is 0 Å². The van der Waals surface area contributed by atoms with Crippen molar-refractivity contribution in [3.8, 4) is 0 Å². The second kappa shape index (κ2) is 7.13. The van der Waals surface area contributed by atoms with Crippen molar-refractivity contribution in [2.45, 2.75) is 25.4 Å². The molecule has 0 radical (unpaired) electrons. The normalized spacial score (nSPS) is 16.4. The molecule has 1 saturated heterocycles. The van der Waals surface area contributed by atoms with Gasteiger partial charge in [0.05, 0.1) is 6.26 Å². The molecule has 1 aliphatic rings. The monoisotopic (exact) mass is 299 g/mol. The van der Waals surface area contributed by atoms with E-state index in [0.29, 0.717) is 5.88 Å². The molecule has 0 saturated carbocycles. The van der Waals surface area contributed by atoms with Gasteiger partial charge in [-0.25, -0.2) is 4.79 Å². The molecule has 1 aromatic heterocycles. The van der Waals surface area contributed by atoms with E-state index in [2.05, 4.69) is 39.8 Å². The van der Waals surface area contributed by atoms with Gasteiger partial charge in [-0.2, -0.15) is 0 Å². The molecule has 0 bridgehead atoms. The van der Waals surface area contributed by atoms with Crippen molar-refractivity contribution in [1.29, 1.82) is 0 Å². The first-order valence-corrected chi connectivity index (χ1v) is 7.67. The molecule has 0 unspecified atom stereocenters. The van der Waals surface area contributed by atoms with E-state index in [-0.39, 0.29) is 12.1 Å². The Labute approximate surface area is 130 Å². The van der Waals surface area contributed by atoms with Gasteiger partial charge in [0.25, 0.3) is 0 Å². The molecule has 0 aliphatic carbocycles. The minimum atomic E-state index is -0.198. The van der Waals surface area contributed by atoms with Crippen LogP contribution in [0.15, 0.2) is 53.1 Å². The fourth-order valence-electron chi connectivity index (χ4n) is 2.76. The van der Waals surface area contributed by atoms with Crippen LogP contribution in [0.5, 0.6) is 0 Å². The van der Waals surface area contributed by atoms with Gasteiger partial charge in [0.2, 0.25) is 5.88 Å². The van der Waals surface area contributed by atoms with Crippen molar-refractivity contribution in [3.63, 3.8) is 0 Å². The zero-order valence-electron chi connectivity index (χ0n) is 12.5. The topological polar surface area (TPSA) is 57.5 Å². The highest BCUT2D eigenvalue weighted by atomic mass is 16.3. The van der Waals surface area contributed by atoms with Crippen molar-refractivity contribution in [2.75, 3.05) is 18.4 Å². The number of amides is 2. The Morgan fingerprint density at radius 2 is 1.91 bits per heavy atom. The van der Waals surface area contributed by atoms with Gasteiger partial charge in [-0.1, -0.05) is 30.3 Å². The number of rotatable bonds is 4. The Balaban J connectivity index is 1.41. The van der Waals surface area contributed by atoms with Gasteiger partial charge in [0, 0.05) is 31.7 Å². The third-order valence-electron chi connectivity index (χ3n) is 3.93. The van der Waals surface area contributed by atoms with Crippen LogP contribution in [0.1, 0.15) is 18.4 Å². The lowest BCUT2D eigenvalue weighted by Crippen LogP contribution is -2.45. The maximum Gasteiger partial charge on any atom is 0.321 e. The van der Waals surface area contributed by atoms with E-state index in [1.807, 2.05) is 6.07 Å². The van der Waals surface area contributed by atoms with Crippen LogP contribution in [0.25, 0.3) is 0 Å². The van der Waals surface area contributed by atoms with Crippen molar-refractivity contribution in [2.24, 2.45) is 0 Å². The molecule has 22 heavy (non-hydrogen) atoms. The molecular weight excluding hydrogens is 278 g/mol. The summed E-state index contributed by atoms with van der Waals surface area (Å²) in [5.74, 6) is 0.471. The van der Waals surface area contributed by atoms with Crippen LogP contribution in [-0.2, 0) is 6.54 Å². The van der Waals surface area contributed by atoms with E-state index >= 15 is 0 Å². The fraction of sp³-hybridized carbons (Fsp3) is 0.353. The van der Waals surface area contributed by atoms with Gasteiger partial charge >= 0.3 is 6.03 Å². The average molecular weight is 299 g/mol. The number of likely N-dealkylation sites (tertiary alicyclic amines) is 1. The minimum Gasteiger partial charge on any atom is -0.449 e. The Morgan fingerprint density at radius 3 is 2.59 bits per heavy atom. The highest BCUT2D eigenvalue weighted by molar-refractivity contribution is 5.87. The highest BCUT2D eigenvalue weighted by Gasteiger charge is 2.20. The van der Waals surface area contributed by atoms with E-state index < -0.39 is 0 Å². The van der Waals surface area contributed by atoms with Gasteiger partial charge in [0.1, 0.15) is 0 Å². The summed E-state index contributed by atoms with van der Waals surface area (Å²) in [6.45, 7) is 2.98. The molecule has 0 atom stereocenters. The Hall–Kier alpha value is -2.27. The molecule has 2 amide bonds. The van der Waals surface area contributed by atoms with Crippen LogP contribution in [0.2, 0.25) is 0 Å². The Bertz CT molecular complexity index is 575. The predicted octanol–water partition coefficient (Wildman–Crippen LogP) is 3.07. The minimum absolute atomic E-state index is 0.198. The molecule has 5 heteroatoms. The second-order valence-electron chi connectivity index (χ2n) is 5.61. The number of piperidine rings is 1. The Kier molecular flexibility index (Phi) is 4.75. The number of carbonyl (C=O) groups is 1. The first-order chi connectivity index (χ1) is 10.8. The van der Waals surface area contributed by atoms with Gasteiger partial charge < -0.3 is 9.73 Å². The quantitative estimate of drug-likeness (QED) is 0.912. The van der Waals surface area contributed by atoms with E-state index in [4.69, 9.17) is 4.42 Å². The molecule has 3 rings (SSSR count). The summed E-state index contributed by atoms with van der Waals surface area (Å²) in [6.07, 6.45) is 3.48. The summed E-state index contributed by atoms with van der Waals surface area (Å²) in [7, 11) is 0. The number of anilines is 1. The van der Waals surface area contributed by atoms with Gasteiger partial charge in [0.15, 0.2) is 0 Å². The number of hydrogen-bond acceptors (Lipinski definition) is 3. The lowest BCUT2D eigenvalue weighted by molar-refractivity contribution is 0.189. The van der Waals surface area contributed by atoms with Gasteiger partial charge in [-0.15, -0.1) is 0 Å². The SMILES string of the molecule is O=C(Nc1ccco1)NC1CCN(Cc2ccccc2)CC1. The van der Waals surface area contributed by atoms with Crippen molar-refractivity contribution < 1.29 is 9.21 Å². The summed E-state index contributed by atoms with van der Waals surface area (Å²) < 4.78 is 5.10. The van der Waals surface area contributed by atoms with Gasteiger partial charge in [-0.05, 0) is 24.5 Å². The van der Waals surface area contributed by atoms with Crippen molar-refractivity contribution >= 4 is 11.9 Å².